The number of aliphatic hydroxyl groups is 1. The van der Waals surface area contributed by atoms with Gasteiger partial charge in [-0.05, 0) is 25.5 Å². The maximum absolute atomic E-state index is 12.6. The minimum atomic E-state index is -0.978. The Kier molecular flexibility index (Phi) is 5.93. The largest absolute Gasteiger partial charge is 0.389 e. The Balaban J connectivity index is 2.06. The van der Waals surface area contributed by atoms with Crippen molar-refractivity contribution in [1.29, 1.82) is 0 Å². The van der Waals surface area contributed by atoms with Crippen molar-refractivity contribution in [3.05, 3.63) is 70.6 Å². The van der Waals surface area contributed by atoms with E-state index in [0.29, 0.717) is 13.1 Å². The van der Waals surface area contributed by atoms with E-state index in [2.05, 4.69) is 0 Å². The van der Waals surface area contributed by atoms with Crippen molar-refractivity contribution in [2.24, 2.45) is 0 Å². The van der Waals surface area contributed by atoms with Crippen LogP contribution in [0.2, 0.25) is 0 Å². The summed E-state index contributed by atoms with van der Waals surface area (Å²) in [5.74, 6) is -0.0864. The van der Waals surface area contributed by atoms with Crippen LogP contribution in [-0.2, 0) is 17.9 Å². The molecule has 0 bridgehead atoms. The summed E-state index contributed by atoms with van der Waals surface area (Å²) >= 11 is 0. The average Bonchev–Trinajstić information content (AvgIpc) is 2.53. The van der Waals surface area contributed by atoms with Gasteiger partial charge in [0.05, 0.1) is 5.60 Å². The van der Waals surface area contributed by atoms with Gasteiger partial charge >= 0.3 is 0 Å². The Hall–Kier alpha value is -2.40. The zero-order chi connectivity index (χ0) is 17.6. The summed E-state index contributed by atoms with van der Waals surface area (Å²) in [7, 11) is 0. The number of aromatic nitrogens is 1. The number of amides is 1. The zero-order valence-electron chi connectivity index (χ0n) is 14.2. The predicted octanol–water partition coefficient (Wildman–Crippen LogP) is 2.04. The van der Waals surface area contributed by atoms with Crippen molar-refractivity contribution in [3.63, 3.8) is 0 Å². The molecule has 0 atom stereocenters. The van der Waals surface area contributed by atoms with Crippen molar-refractivity contribution >= 4 is 5.91 Å². The molecule has 1 aromatic heterocycles. The smallest absolute Gasteiger partial charge is 0.250 e. The molecular weight excluding hydrogens is 304 g/mol. The second kappa shape index (κ2) is 7.93. The number of benzene rings is 1. The van der Waals surface area contributed by atoms with E-state index in [1.807, 2.05) is 30.3 Å². The normalized spacial score (nSPS) is 11.3. The third-order valence-electron chi connectivity index (χ3n) is 3.61. The van der Waals surface area contributed by atoms with Gasteiger partial charge in [-0.25, -0.2) is 0 Å². The topological polar surface area (TPSA) is 62.5 Å². The van der Waals surface area contributed by atoms with Crippen molar-refractivity contribution < 1.29 is 9.90 Å². The van der Waals surface area contributed by atoms with Gasteiger partial charge in [-0.3, -0.25) is 9.59 Å². The monoisotopic (exact) mass is 328 g/mol. The molecule has 5 heteroatoms. The number of aryl methyl sites for hydroxylation is 1. The quantitative estimate of drug-likeness (QED) is 0.846. The summed E-state index contributed by atoms with van der Waals surface area (Å²) < 4.78 is 1.52. The van der Waals surface area contributed by atoms with E-state index < -0.39 is 5.60 Å². The summed E-state index contributed by atoms with van der Waals surface area (Å²) in [6.07, 6.45) is 1.89. The molecule has 0 radical (unpaired) electrons. The number of nitrogens with zero attached hydrogens (tertiary/aromatic N) is 2. The summed E-state index contributed by atoms with van der Waals surface area (Å²) in [5.41, 5.74) is -0.0945. The number of pyridine rings is 1. The first-order valence-electron chi connectivity index (χ1n) is 8.05. The molecule has 2 rings (SSSR count). The molecule has 0 fully saturated rings. The van der Waals surface area contributed by atoms with E-state index in [4.69, 9.17) is 0 Å². The third kappa shape index (κ3) is 5.66. The lowest BCUT2D eigenvalue weighted by atomic mass is 10.1. The molecule has 1 aromatic carbocycles. The molecule has 0 aliphatic heterocycles. The fourth-order valence-electron chi connectivity index (χ4n) is 2.52. The second-order valence-electron chi connectivity index (χ2n) is 6.53. The number of rotatable bonds is 7. The van der Waals surface area contributed by atoms with E-state index in [1.54, 1.807) is 37.1 Å². The van der Waals surface area contributed by atoms with Crippen molar-refractivity contribution in [2.75, 3.05) is 6.54 Å². The highest BCUT2D eigenvalue weighted by atomic mass is 16.3. The Morgan fingerprint density at radius 2 is 1.79 bits per heavy atom. The van der Waals surface area contributed by atoms with Crippen LogP contribution in [0, 0.1) is 0 Å². The number of carbonyl (C=O) groups is 1. The predicted molar refractivity (Wildman–Crippen MR) is 93.5 cm³/mol. The molecule has 0 aliphatic rings. The number of hydrogen-bond acceptors (Lipinski definition) is 3. The molecule has 0 saturated heterocycles. The van der Waals surface area contributed by atoms with E-state index in [0.717, 1.165) is 5.56 Å². The van der Waals surface area contributed by atoms with Crippen LogP contribution in [0.3, 0.4) is 0 Å². The molecule has 2 aromatic rings. The van der Waals surface area contributed by atoms with Gasteiger partial charge < -0.3 is 14.6 Å². The van der Waals surface area contributed by atoms with Crippen LogP contribution in [0.1, 0.15) is 25.8 Å². The summed E-state index contributed by atoms with van der Waals surface area (Å²) in [5, 5.41) is 10.1. The van der Waals surface area contributed by atoms with Crippen molar-refractivity contribution in [3.8, 4) is 0 Å². The van der Waals surface area contributed by atoms with Gasteiger partial charge in [-0.2, -0.15) is 0 Å². The van der Waals surface area contributed by atoms with Crippen LogP contribution in [0.15, 0.2) is 59.5 Å². The third-order valence-corrected chi connectivity index (χ3v) is 3.61. The fourth-order valence-corrected chi connectivity index (χ4v) is 2.52. The standard InChI is InChI=1S/C19H24N2O3/c1-19(2,24)15-21(14-16-8-4-3-5-9-16)18(23)11-13-20-12-7-6-10-17(20)22/h3-10,12,24H,11,13-15H2,1-2H3. The SMILES string of the molecule is CC(C)(O)CN(Cc1ccccc1)C(=O)CCn1ccccc1=O. The minimum Gasteiger partial charge on any atom is -0.389 e. The van der Waals surface area contributed by atoms with Crippen LogP contribution >= 0.6 is 0 Å². The first-order chi connectivity index (χ1) is 11.3. The summed E-state index contributed by atoms with van der Waals surface area (Å²) in [4.78, 5) is 26.0. The molecular formula is C19H24N2O3. The van der Waals surface area contributed by atoms with Crippen molar-refractivity contribution in [1.82, 2.24) is 9.47 Å². The zero-order valence-corrected chi connectivity index (χ0v) is 14.2. The molecule has 1 amide bonds. The van der Waals surface area contributed by atoms with E-state index in [-0.39, 0.29) is 24.4 Å². The van der Waals surface area contributed by atoms with Gasteiger partial charge in [-0.15, -0.1) is 0 Å². The second-order valence-corrected chi connectivity index (χ2v) is 6.53. The Labute approximate surface area is 142 Å². The van der Waals surface area contributed by atoms with E-state index in [1.165, 1.54) is 10.6 Å². The maximum Gasteiger partial charge on any atom is 0.250 e. The molecule has 0 aliphatic carbocycles. The van der Waals surface area contributed by atoms with Crippen LogP contribution in [-0.4, -0.2) is 32.6 Å². The lowest BCUT2D eigenvalue weighted by molar-refractivity contribution is -0.135. The van der Waals surface area contributed by atoms with Crippen LogP contribution in [0.5, 0.6) is 0 Å². The molecule has 1 N–H and O–H groups in total. The molecule has 0 unspecified atom stereocenters. The van der Waals surface area contributed by atoms with Crippen LogP contribution < -0.4 is 5.56 Å². The number of carbonyl (C=O) groups excluding carboxylic acids is 1. The summed E-state index contributed by atoms with van der Waals surface area (Å²) in [6, 6.07) is 14.6. The Morgan fingerprint density at radius 1 is 1.12 bits per heavy atom. The first kappa shape index (κ1) is 17.9. The highest BCUT2D eigenvalue weighted by molar-refractivity contribution is 5.76. The first-order valence-corrected chi connectivity index (χ1v) is 8.05. The van der Waals surface area contributed by atoms with E-state index in [9.17, 15) is 14.7 Å². The molecule has 5 nitrogen and oxygen atoms in total. The Bertz CT molecular complexity index is 717. The average molecular weight is 328 g/mol. The van der Waals surface area contributed by atoms with Gasteiger partial charge in [0.1, 0.15) is 0 Å². The van der Waals surface area contributed by atoms with Crippen LogP contribution in [0.25, 0.3) is 0 Å². The Morgan fingerprint density at radius 3 is 2.42 bits per heavy atom. The highest BCUT2D eigenvalue weighted by Crippen LogP contribution is 2.12. The molecule has 0 saturated carbocycles. The van der Waals surface area contributed by atoms with Gasteiger partial charge in [0, 0.05) is 38.3 Å². The minimum absolute atomic E-state index is 0.0864. The van der Waals surface area contributed by atoms with E-state index >= 15 is 0 Å². The van der Waals surface area contributed by atoms with Crippen LogP contribution in [0.4, 0.5) is 0 Å². The maximum atomic E-state index is 12.6. The molecule has 0 spiro atoms. The van der Waals surface area contributed by atoms with Gasteiger partial charge in [0.15, 0.2) is 0 Å². The lowest BCUT2D eigenvalue weighted by Gasteiger charge is -2.29. The lowest BCUT2D eigenvalue weighted by Crippen LogP contribution is -2.42. The van der Waals surface area contributed by atoms with Gasteiger partial charge in [0.25, 0.3) is 5.56 Å². The highest BCUT2D eigenvalue weighted by Gasteiger charge is 2.22. The number of hydrogen-bond donors (Lipinski definition) is 1. The molecule has 24 heavy (non-hydrogen) atoms. The summed E-state index contributed by atoms with van der Waals surface area (Å²) in [6.45, 7) is 4.37. The van der Waals surface area contributed by atoms with Crippen molar-refractivity contribution in [2.45, 2.75) is 39.0 Å². The van der Waals surface area contributed by atoms with Gasteiger partial charge in [0.2, 0.25) is 5.91 Å². The molecule has 1 heterocycles. The fraction of sp³-hybridized carbons (Fsp3) is 0.368. The molecule has 128 valence electrons. The van der Waals surface area contributed by atoms with Gasteiger partial charge in [-0.1, -0.05) is 36.4 Å².